The second kappa shape index (κ2) is 8.94. The Labute approximate surface area is 186 Å². The summed E-state index contributed by atoms with van der Waals surface area (Å²) in [7, 11) is 1.56. The van der Waals surface area contributed by atoms with Crippen molar-refractivity contribution in [3.63, 3.8) is 0 Å². The van der Waals surface area contributed by atoms with Crippen molar-refractivity contribution in [2.45, 2.75) is 31.5 Å². The number of β-amino-alcohol motifs (C(OH)–C–C–N with tert-alkyl or cyclic N) is 1. The number of rotatable bonds is 7. The highest BCUT2D eigenvalue weighted by Crippen LogP contribution is 2.41. The van der Waals surface area contributed by atoms with Crippen LogP contribution in [0.2, 0.25) is 5.02 Å². The number of hydrogen-bond acceptors (Lipinski definition) is 6. The van der Waals surface area contributed by atoms with Crippen LogP contribution in [0.25, 0.3) is 0 Å². The molecule has 2 atom stereocenters. The number of nitrogens with one attached hydrogen (secondary N) is 1. The fraction of sp³-hybridized carbons (Fsp3) is 0.435. The third kappa shape index (κ3) is 5.06. The molecule has 0 saturated carbocycles. The van der Waals surface area contributed by atoms with Crippen molar-refractivity contribution in [2.24, 2.45) is 0 Å². The van der Waals surface area contributed by atoms with E-state index in [1.54, 1.807) is 25.3 Å². The summed E-state index contributed by atoms with van der Waals surface area (Å²) in [6, 6.07) is 10.9. The quantitative estimate of drug-likeness (QED) is 0.680. The van der Waals surface area contributed by atoms with Crippen molar-refractivity contribution in [1.82, 2.24) is 4.90 Å². The minimum absolute atomic E-state index is 0.0972. The summed E-state index contributed by atoms with van der Waals surface area (Å²) in [6.45, 7) is 3.59. The largest absolute Gasteiger partial charge is 0.497 e. The van der Waals surface area contributed by atoms with E-state index in [9.17, 15) is 9.90 Å². The zero-order chi connectivity index (χ0) is 22.0. The van der Waals surface area contributed by atoms with Crippen LogP contribution in [0.5, 0.6) is 17.2 Å². The molecule has 0 unspecified atom stereocenters. The number of anilines is 1. The molecule has 0 aliphatic carbocycles. The molecule has 2 aromatic rings. The number of aliphatic hydroxyl groups is 1. The summed E-state index contributed by atoms with van der Waals surface area (Å²) in [5, 5.41) is 14.0. The van der Waals surface area contributed by atoms with Crippen LogP contribution in [0.1, 0.15) is 18.9 Å². The second-order valence-electron chi connectivity index (χ2n) is 8.21. The third-order valence-corrected chi connectivity index (χ3v) is 5.89. The first-order valence-corrected chi connectivity index (χ1v) is 10.7. The van der Waals surface area contributed by atoms with Crippen molar-refractivity contribution in [3.8, 4) is 17.2 Å². The Balaban J connectivity index is 1.32. The first-order valence-electron chi connectivity index (χ1n) is 10.3. The summed E-state index contributed by atoms with van der Waals surface area (Å²) in [6.07, 6.45) is 1.04. The van der Waals surface area contributed by atoms with Gasteiger partial charge in [0.2, 0.25) is 5.91 Å². The van der Waals surface area contributed by atoms with Crippen molar-refractivity contribution in [3.05, 3.63) is 47.0 Å². The molecule has 7 nitrogen and oxygen atoms in total. The molecule has 2 heterocycles. The van der Waals surface area contributed by atoms with E-state index in [2.05, 4.69) is 10.2 Å². The number of likely N-dealkylation sites (tertiary alicyclic amines) is 1. The van der Waals surface area contributed by atoms with Gasteiger partial charge in [-0.15, -0.1) is 0 Å². The van der Waals surface area contributed by atoms with Crippen molar-refractivity contribution >= 4 is 23.2 Å². The van der Waals surface area contributed by atoms with E-state index >= 15 is 0 Å². The average molecular weight is 447 g/mol. The molecule has 2 aromatic carbocycles. The van der Waals surface area contributed by atoms with Gasteiger partial charge in [-0.2, -0.15) is 0 Å². The smallest absolute Gasteiger partial charge is 0.221 e. The normalized spacial score (nSPS) is 20.9. The Kier molecular flexibility index (Phi) is 6.27. The molecule has 2 aliphatic rings. The van der Waals surface area contributed by atoms with E-state index in [1.165, 1.54) is 6.92 Å². The van der Waals surface area contributed by atoms with Gasteiger partial charge in [0.05, 0.1) is 12.8 Å². The summed E-state index contributed by atoms with van der Waals surface area (Å²) in [4.78, 5) is 13.6. The lowest BCUT2D eigenvalue weighted by Crippen LogP contribution is -2.40. The van der Waals surface area contributed by atoms with Crippen LogP contribution in [0.4, 0.5) is 5.69 Å². The van der Waals surface area contributed by atoms with E-state index < -0.39 is 6.10 Å². The molecule has 8 heteroatoms. The van der Waals surface area contributed by atoms with Crippen LogP contribution in [-0.4, -0.2) is 61.0 Å². The maximum absolute atomic E-state index is 11.4. The van der Waals surface area contributed by atoms with Crippen LogP contribution >= 0.6 is 11.6 Å². The first-order chi connectivity index (χ1) is 14.9. The van der Waals surface area contributed by atoms with Gasteiger partial charge in [0.1, 0.15) is 35.6 Å². The molecule has 1 amide bonds. The summed E-state index contributed by atoms with van der Waals surface area (Å²) >= 11 is 6.12. The van der Waals surface area contributed by atoms with Crippen molar-refractivity contribution < 1.29 is 24.1 Å². The Morgan fingerprint density at radius 2 is 2.19 bits per heavy atom. The van der Waals surface area contributed by atoms with Crippen LogP contribution in [0, 0.1) is 0 Å². The highest BCUT2D eigenvalue weighted by atomic mass is 35.5. The SMILES string of the molecule is COc1ccc(NC(C)=O)c(OC[C@@H](O)CN2CC[C@@]3(Cc4cc(Cl)ccc4O3)C2)c1. The molecule has 0 aromatic heterocycles. The predicted molar refractivity (Wildman–Crippen MR) is 118 cm³/mol. The lowest BCUT2D eigenvalue weighted by molar-refractivity contribution is -0.114. The molecular formula is C23H27ClN2O5. The van der Waals surface area contributed by atoms with Gasteiger partial charge in [-0.25, -0.2) is 0 Å². The van der Waals surface area contributed by atoms with E-state index in [4.69, 9.17) is 25.8 Å². The van der Waals surface area contributed by atoms with E-state index in [1.807, 2.05) is 18.2 Å². The fourth-order valence-corrected chi connectivity index (χ4v) is 4.49. The summed E-state index contributed by atoms with van der Waals surface area (Å²) in [5.41, 5.74) is 1.43. The minimum Gasteiger partial charge on any atom is -0.497 e. The van der Waals surface area contributed by atoms with Gasteiger partial charge in [0.25, 0.3) is 0 Å². The van der Waals surface area contributed by atoms with Crippen LogP contribution < -0.4 is 19.5 Å². The number of nitrogens with zero attached hydrogens (tertiary/aromatic N) is 1. The molecule has 0 bridgehead atoms. The summed E-state index contributed by atoms with van der Waals surface area (Å²) in [5.74, 6) is 1.77. The van der Waals surface area contributed by atoms with Crippen LogP contribution in [0.15, 0.2) is 36.4 Å². The third-order valence-electron chi connectivity index (χ3n) is 5.66. The number of hydrogen-bond donors (Lipinski definition) is 2. The number of halogens is 1. The molecule has 0 radical (unpaired) electrons. The van der Waals surface area contributed by atoms with E-state index in [-0.39, 0.29) is 18.1 Å². The Hall–Kier alpha value is -2.48. The maximum Gasteiger partial charge on any atom is 0.221 e. The van der Waals surface area contributed by atoms with Gasteiger partial charge in [-0.05, 0) is 35.9 Å². The number of carbonyl (C=O) groups excluding carboxylic acids is 1. The molecule has 4 rings (SSSR count). The topological polar surface area (TPSA) is 80.3 Å². The Bertz CT molecular complexity index is 969. The van der Waals surface area contributed by atoms with Crippen LogP contribution in [0.3, 0.4) is 0 Å². The van der Waals surface area contributed by atoms with E-state index in [0.717, 1.165) is 42.3 Å². The minimum atomic E-state index is -0.690. The van der Waals surface area contributed by atoms with Crippen LogP contribution in [-0.2, 0) is 11.2 Å². The number of aliphatic hydroxyl groups excluding tert-OH is 1. The van der Waals surface area contributed by atoms with Gasteiger partial charge in [0.15, 0.2) is 0 Å². The number of amides is 1. The Morgan fingerprint density at radius 1 is 1.35 bits per heavy atom. The number of carbonyl (C=O) groups is 1. The molecule has 2 aliphatic heterocycles. The lowest BCUT2D eigenvalue weighted by atomic mass is 9.96. The molecule has 31 heavy (non-hydrogen) atoms. The summed E-state index contributed by atoms with van der Waals surface area (Å²) < 4.78 is 17.3. The number of ether oxygens (including phenoxy) is 3. The Morgan fingerprint density at radius 3 is 2.97 bits per heavy atom. The highest BCUT2D eigenvalue weighted by Gasteiger charge is 2.45. The van der Waals surface area contributed by atoms with Crippen molar-refractivity contribution in [1.29, 1.82) is 0 Å². The number of fused-ring (bicyclic) bond motifs is 1. The van der Waals surface area contributed by atoms with Gasteiger partial charge < -0.3 is 24.6 Å². The van der Waals surface area contributed by atoms with Gasteiger partial charge in [-0.1, -0.05) is 11.6 Å². The van der Waals surface area contributed by atoms with Gasteiger partial charge in [-0.3, -0.25) is 9.69 Å². The molecule has 166 valence electrons. The molecule has 1 saturated heterocycles. The zero-order valence-corrected chi connectivity index (χ0v) is 18.4. The molecule has 2 N–H and O–H groups in total. The number of methoxy groups -OCH3 is 1. The monoisotopic (exact) mass is 446 g/mol. The van der Waals surface area contributed by atoms with Gasteiger partial charge >= 0.3 is 0 Å². The lowest BCUT2D eigenvalue weighted by Gasteiger charge is -2.25. The average Bonchev–Trinajstić information content (AvgIpc) is 3.28. The zero-order valence-electron chi connectivity index (χ0n) is 17.7. The first kappa shape index (κ1) is 21.7. The molecule has 1 spiro atoms. The predicted octanol–water partition coefficient (Wildman–Crippen LogP) is 3.13. The van der Waals surface area contributed by atoms with E-state index in [0.29, 0.717) is 23.7 Å². The number of benzene rings is 2. The second-order valence-corrected chi connectivity index (χ2v) is 8.64. The standard InChI is InChI=1S/C23H27ClN2O5/c1-15(27)25-20-5-4-19(29-2)10-22(20)30-13-18(28)12-26-8-7-23(14-26)11-16-9-17(24)3-6-21(16)31-23/h3-6,9-10,18,28H,7-8,11-14H2,1-2H3,(H,25,27)/t18-,23+/m0/s1. The van der Waals surface area contributed by atoms with Crippen molar-refractivity contribution in [2.75, 3.05) is 38.7 Å². The maximum atomic E-state index is 11.4. The highest BCUT2D eigenvalue weighted by molar-refractivity contribution is 6.30. The fourth-order valence-electron chi connectivity index (χ4n) is 4.29. The van der Waals surface area contributed by atoms with Gasteiger partial charge in [0, 0.05) is 50.5 Å². The molecular weight excluding hydrogens is 420 g/mol. The molecule has 1 fully saturated rings.